The lowest BCUT2D eigenvalue weighted by Gasteiger charge is -2.22. The number of carbonyl (C=O) groups excluding carboxylic acids is 1. The molecule has 0 saturated carbocycles. The van der Waals surface area contributed by atoms with Crippen molar-refractivity contribution in [3.63, 3.8) is 0 Å². The first-order valence-electron chi connectivity index (χ1n) is 5.98. The van der Waals surface area contributed by atoms with Crippen molar-refractivity contribution < 1.29 is 4.79 Å². The van der Waals surface area contributed by atoms with E-state index in [0.29, 0.717) is 0 Å². The first-order chi connectivity index (χ1) is 8.13. The summed E-state index contributed by atoms with van der Waals surface area (Å²) in [5.41, 5.74) is 2.31. The number of amides is 1. The number of likely N-dealkylation sites (tertiary alicyclic amines) is 1. The molecule has 17 heavy (non-hydrogen) atoms. The highest BCUT2D eigenvalue weighted by Gasteiger charge is 2.25. The van der Waals surface area contributed by atoms with Gasteiger partial charge in [0, 0.05) is 26.8 Å². The highest BCUT2D eigenvalue weighted by molar-refractivity contribution is 5.51. The predicted molar refractivity (Wildman–Crippen MR) is 68.0 cm³/mol. The van der Waals surface area contributed by atoms with E-state index in [1.807, 2.05) is 30.1 Å². The fourth-order valence-corrected chi connectivity index (χ4v) is 2.51. The van der Waals surface area contributed by atoms with Crippen molar-refractivity contribution in [2.24, 2.45) is 0 Å². The summed E-state index contributed by atoms with van der Waals surface area (Å²) in [5, 5.41) is 0. The van der Waals surface area contributed by atoms with Gasteiger partial charge in [-0.25, -0.2) is 4.98 Å². The van der Waals surface area contributed by atoms with Crippen LogP contribution in [0.1, 0.15) is 30.0 Å². The second kappa shape index (κ2) is 4.73. The van der Waals surface area contributed by atoms with Crippen LogP contribution in [-0.4, -0.2) is 36.9 Å². The van der Waals surface area contributed by atoms with Crippen LogP contribution < -0.4 is 4.90 Å². The second-order valence-electron chi connectivity index (χ2n) is 4.80. The summed E-state index contributed by atoms with van der Waals surface area (Å²) in [5.74, 6) is 0.990. The summed E-state index contributed by atoms with van der Waals surface area (Å²) < 4.78 is 0. The quantitative estimate of drug-likeness (QED) is 0.746. The topological polar surface area (TPSA) is 36.4 Å². The Hall–Kier alpha value is -1.58. The van der Waals surface area contributed by atoms with Gasteiger partial charge in [0.1, 0.15) is 5.82 Å². The van der Waals surface area contributed by atoms with E-state index in [2.05, 4.69) is 18.0 Å². The average Bonchev–Trinajstić information content (AvgIpc) is 2.76. The maximum Gasteiger partial charge on any atom is 0.210 e. The van der Waals surface area contributed by atoms with Gasteiger partial charge in [-0.05, 0) is 37.0 Å². The zero-order chi connectivity index (χ0) is 12.4. The molecule has 0 unspecified atom stereocenters. The van der Waals surface area contributed by atoms with Crippen LogP contribution in [0.2, 0.25) is 0 Å². The molecule has 1 fully saturated rings. The summed E-state index contributed by atoms with van der Waals surface area (Å²) in [6, 6.07) is 2.37. The lowest BCUT2D eigenvalue weighted by atomic mass is 10.0. The third-order valence-corrected chi connectivity index (χ3v) is 3.31. The lowest BCUT2D eigenvalue weighted by molar-refractivity contribution is -0.118. The van der Waals surface area contributed by atoms with E-state index in [0.717, 1.165) is 42.7 Å². The van der Waals surface area contributed by atoms with Gasteiger partial charge in [0.15, 0.2) is 0 Å². The van der Waals surface area contributed by atoms with Crippen molar-refractivity contribution in [3.8, 4) is 0 Å². The Morgan fingerprint density at radius 3 is 2.88 bits per heavy atom. The van der Waals surface area contributed by atoms with E-state index in [1.54, 1.807) is 0 Å². The van der Waals surface area contributed by atoms with Crippen molar-refractivity contribution in [3.05, 3.63) is 23.4 Å². The van der Waals surface area contributed by atoms with Crippen LogP contribution in [-0.2, 0) is 4.79 Å². The van der Waals surface area contributed by atoms with Crippen molar-refractivity contribution in [2.75, 3.05) is 25.5 Å². The molecule has 0 aliphatic carbocycles. The minimum atomic E-state index is 0.218. The first kappa shape index (κ1) is 11.9. The molecule has 0 radical (unpaired) electrons. The molecule has 4 nitrogen and oxygen atoms in total. The van der Waals surface area contributed by atoms with Gasteiger partial charge in [0.2, 0.25) is 6.41 Å². The van der Waals surface area contributed by atoms with Gasteiger partial charge in [-0.1, -0.05) is 0 Å². The highest BCUT2D eigenvalue weighted by atomic mass is 16.1. The molecule has 0 spiro atoms. The molecule has 1 saturated heterocycles. The molecule has 2 rings (SSSR count). The first-order valence-corrected chi connectivity index (χ1v) is 5.98. The number of aryl methyl sites for hydroxylation is 1. The molecule has 1 amide bonds. The molecule has 92 valence electrons. The van der Waals surface area contributed by atoms with E-state index in [9.17, 15) is 4.79 Å². The Morgan fingerprint density at radius 1 is 1.53 bits per heavy atom. The van der Waals surface area contributed by atoms with Crippen LogP contribution >= 0.6 is 0 Å². The van der Waals surface area contributed by atoms with Gasteiger partial charge in [-0.2, -0.15) is 0 Å². The number of pyridine rings is 1. The Labute approximate surface area is 102 Å². The second-order valence-corrected chi connectivity index (χ2v) is 4.80. The van der Waals surface area contributed by atoms with Gasteiger partial charge in [0.25, 0.3) is 0 Å². The molecule has 1 aliphatic heterocycles. The molecule has 0 bridgehead atoms. The lowest BCUT2D eigenvalue weighted by Crippen LogP contribution is -2.21. The molecular weight excluding hydrogens is 214 g/mol. The average molecular weight is 233 g/mol. The third kappa shape index (κ3) is 2.25. The van der Waals surface area contributed by atoms with Crippen LogP contribution in [0, 0.1) is 6.92 Å². The monoisotopic (exact) mass is 233 g/mol. The van der Waals surface area contributed by atoms with Gasteiger partial charge in [0.05, 0.1) is 6.04 Å². The summed E-state index contributed by atoms with van der Waals surface area (Å²) in [6.45, 7) is 2.93. The zero-order valence-electron chi connectivity index (χ0n) is 10.7. The SMILES string of the molecule is Cc1cc([C@@H]2CCCN2C=O)cnc1N(C)C. The van der Waals surface area contributed by atoms with Gasteiger partial charge in [-0.15, -0.1) is 0 Å². The van der Waals surface area contributed by atoms with Crippen LogP contribution in [0.4, 0.5) is 5.82 Å². The molecule has 1 aromatic heterocycles. The van der Waals surface area contributed by atoms with E-state index in [1.165, 1.54) is 0 Å². The van der Waals surface area contributed by atoms with Crippen LogP contribution in [0.3, 0.4) is 0 Å². The summed E-state index contributed by atoms with van der Waals surface area (Å²) in [6.07, 6.45) is 4.97. The van der Waals surface area contributed by atoms with Gasteiger partial charge < -0.3 is 9.80 Å². The van der Waals surface area contributed by atoms with Crippen LogP contribution in [0.5, 0.6) is 0 Å². The fraction of sp³-hybridized carbons (Fsp3) is 0.538. The summed E-state index contributed by atoms with van der Waals surface area (Å²) in [4.78, 5) is 19.3. The van der Waals surface area contributed by atoms with Crippen molar-refractivity contribution >= 4 is 12.2 Å². The standard InChI is InChI=1S/C13H19N3O/c1-10-7-11(8-14-13(10)15(2)3)12-5-4-6-16(12)9-17/h7-9,12H,4-6H2,1-3H3/t12-/m0/s1. The van der Waals surface area contributed by atoms with Gasteiger partial charge in [-0.3, -0.25) is 4.79 Å². The maximum absolute atomic E-state index is 10.9. The Balaban J connectivity index is 2.28. The number of hydrogen-bond acceptors (Lipinski definition) is 3. The van der Waals surface area contributed by atoms with Crippen molar-refractivity contribution in [1.29, 1.82) is 0 Å². The number of hydrogen-bond donors (Lipinski definition) is 0. The minimum absolute atomic E-state index is 0.218. The number of nitrogens with zero attached hydrogens (tertiary/aromatic N) is 3. The van der Waals surface area contributed by atoms with Crippen molar-refractivity contribution in [2.45, 2.75) is 25.8 Å². The van der Waals surface area contributed by atoms with Crippen LogP contribution in [0.25, 0.3) is 0 Å². The fourth-order valence-electron chi connectivity index (χ4n) is 2.51. The smallest absolute Gasteiger partial charge is 0.210 e. The van der Waals surface area contributed by atoms with E-state index < -0.39 is 0 Å². The van der Waals surface area contributed by atoms with E-state index in [4.69, 9.17) is 0 Å². The molecule has 1 atom stereocenters. The minimum Gasteiger partial charge on any atom is -0.363 e. The Kier molecular flexibility index (Phi) is 3.31. The number of anilines is 1. The summed E-state index contributed by atoms with van der Waals surface area (Å²) in [7, 11) is 3.98. The normalized spacial score (nSPS) is 19.5. The van der Waals surface area contributed by atoms with E-state index in [-0.39, 0.29) is 6.04 Å². The molecule has 2 heterocycles. The Bertz CT molecular complexity index is 417. The highest BCUT2D eigenvalue weighted by Crippen LogP contribution is 2.31. The molecule has 1 aliphatic rings. The predicted octanol–water partition coefficient (Wildman–Crippen LogP) is 1.75. The number of rotatable bonds is 3. The largest absolute Gasteiger partial charge is 0.363 e. The van der Waals surface area contributed by atoms with E-state index >= 15 is 0 Å². The zero-order valence-corrected chi connectivity index (χ0v) is 10.7. The Morgan fingerprint density at radius 2 is 2.29 bits per heavy atom. The maximum atomic E-state index is 10.9. The molecule has 1 aromatic rings. The third-order valence-electron chi connectivity index (χ3n) is 3.31. The molecule has 0 N–H and O–H groups in total. The summed E-state index contributed by atoms with van der Waals surface area (Å²) >= 11 is 0. The molecule has 0 aromatic carbocycles. The van der Waals surface area contributed by atoms with Crippen molar-refractivity contribution in [1.82, 2.24) is 9.88 Å². The number of aromatic nitrogens is 1. The number of carbonyl (C=O) groups is 1. The van der Waals surface area contributed by atoms with Gasteiger partial charge >= 0.3 is 0 Å². The molecular formula is C13H19N3O. The van der Waals surface area contributed by atoms with Crippen LogP contribution in [0.15, 0.2) is 12.3 Å². The molecule has 4 heteroatoms.